The van der Waals surface area contributed by atoms with Crippen molar-refractivity contribution in [1.82, 2.24) is 0 Å². The lowest BCUT2D eigenvalue weighted by Gasteiger charge is -2.29. The molecule has 5 heteroatoms. The van der Waals surface area contributed by atoms with Gasteiger partial charge in [-0.3, -0.25) is 4.79 Å². The zero-order chi connectivity index (χ0) is 13.7. The van der Waals surface area contributed by atoms with Crippen molar-refractivity contribution in [1.29, 1.82) is 0 Å². The van der Waals surface area contributed by atoms with Crippen LogP contribution in [0.5, 0.6) is 0 Å². The zero-order valence-corrected chi connectivity index (χ0v) is 12.0. The maximum atomic E-state index is 12.2. The number of nitrogens with zero attached hydrogens (tertiary/aromatic N) is 1. The van der Waals surface area contributed by atoms with E-state index >= 15 is 0 Å². The molecule has 2 rings (SSSR count). The smallest absolute Gasteiger partial charge is 0.229 e. The molecule has 2 N–H and O–H groups in total. The summed E-state index contributed by atoms with van der Waals surface area (Å²) in [4.78, 5) is 15.2. The molecule has 0 bridgehead atoms. The van der Waals surface area contributed by atoms with Crippen LogP contribution in [0.4, 0.5) is 11.4 Å². The van der Waals surface area contributed by atoms with Gasteiger partial charge in [0.05, 0.1) is 18.7 Å². The molecule has 19 heavy (non-hydrogen) atoms. The summed E-state index contributed by atoms with van der Waals surface area (Å²) in [5.74, 6) is 1.04. The van der Waals surface area contributed by atoms with Crippen LogP contribution in [0, 0.1) is 0 Å². The van der Waals surface area contributed by atoms with Crippen molar-refractivity contribution in [2.24, 2.45) is 0 Å². The molecular formula is C14H20N2O2S. The minimum absolute atomic E-state index is 0.114. The summed E-state index contributed by atoms with van der Waals surface area (Å²) in [6.07, 6.45) is 1.41. The van der Waals surface area contributed by atoms with Crippen LogP contribution in [0.3, 0.4) is 0 Å². The van der Waals surface area contributed by atoms with E-state index in [1.54, 1.807) is 11.8 Å². The number of hydrogen-bond donors (Lipinski definition) is 1. The molecular weight excluding hydrogens is 260 g/mol. The van der Waals surface area contributed by atoms with E-state index in [-0.39, 0.29) is 5.91 Å². The number of nitrogens with two attached hydrogens (primary N) is 1. The summed E-state index contributed by atoms with van der Waals surface area (Å²) in [6.45, 7) is 4.01. The number of amides is 1. The molecule has 0 spiro atoms. The number of carbonyl (C=O) groups excluding carboxylic acids is 1. The highest BCUT2D eigenvalue weighted by Gasteiger charge is 2.22. The molecule has 0 saturated heterocycles. The third-order valence-corrected chi connectivity index (χ3v) is 4.00. The van der Waals surface area contributed by atoms with Gasteiger partial charge in [0.1, 0.15) is 0 Å². The Balaban J connectivity index is 2.02. The van der Waals surface area contributed by atoms with Gasteiger partial charge in [-0.15, -0.1) is 11.8 Å². The highest BCUT2D eigenvalue weighted by Crippen LogP contribution is 2.36. The summed E-state index contributed by atoms with van der Waals surface area (Å²) in [7, 11) is 0. The van der Waals surface area contributed by atoms with Crippen molar-refractivity contribution < 1.29 is 9.53 Å². The normalized spacial score (nSPS) is 14.3. The Morgan fingerprint density at radius 3 is 3.11 bits per heavy atom. The highest BCUT2D eigenvalue weighted by atomic mass is 32.2. The average molecular weight is 280 g/mol. The third kappa shape index (κ3) is 3.64. The Labute approximate surface area is 118 Å². The van der Waals surface area contributed by atoms with E-state index in [4.69, 9.17) is 10.5 Å². The number of hydrogen-bond acceptors (Lipinski definition) is 4. The van der Waals surface area contributed by atoms with Gasteiger partial charge < -0.3 is 15.4 Å². The number of benzene rings is 1. The lowest BCUT2D eigenvalue weighted by Crippen LogP contribution is -2.36. The molecule has 0 aromatic heterocycles. The minimum atomic E-state index is 0.114. The maximum Gasteiger partial charge on any atom is 0.229 e. The Hall–Kier alpha value is -1.20. The van der Waals surface area contributed by atoms with Crippen molar-refractivity contribution in [3.63, 3.8) is 0 Å². The maximum absolute atomic E-state index is 12.2. The standard InChI is InChI=1S/C14H20N2O2S/c1-2-7-18-8-5-14(17)16-6-9-19-13-4-3-11(15)10-12(13)16/h3-4,10H,2,5-9,15H2,1H3. The SMILES string of the molecule is CCCOCCC(=O)N1CCSc2ccc(N)cc21. The predicted molar refractivity (Wildman–Crippen MR) is 79.7 cm³/mol. The van der Waals surface area contributed by atoms with E-state index in [1.165, 1.54) is 0 Å². The largest absolute Gasteiger partial charge is 0.399 e. The van der Waals surface area contributed by atoms with Crippen LogP contribution < -0.4 is 10.6 Å². The van der Waals surface area contributed by atoms with Crippen LogP contribution in [-0.4, -0.2) is 31.4 Å². The molecule has 0 saturated carbocycles. The summed E-state index contributed by atoms with van der Waals surface area (Å²) >= 11 is 1.77. The van der Waals surface area contributed by atoms with E-state index < -0.39 is 0 Å². The first-order valence-corrected chi connectivity index (χ1v) is 7.61. The van der Waals surface area contributed by atoms with Crippen molar-refractivity contribution in [3.8, 4) is 0 Å². The van der Waals surface area contributed by atoms with Gasteiger partial charge in [-0.1, -0.05) is 6.92 Å². The van der Waals surface area contributed by atoms with Gasteiger partial charge in [0, 0.05) is 29.5 Å². The van der Waals surface area contributed by atoms with E-state index in [2.05, 4.69) is 6.92 Å². The second kappa shape index (κ2) is 6.82. The first kappa shape index (κ1) is 14.2. The summed E-state index contributed by atoms with van der Waals surface area (Å²) in [5, 5.41) is 0. The summed E-state index contributed by atoms with van der Waals surface area (Å²) in [6, 6.07) is 5.75. The molecule has 104 valence electrons. The topological polar surface area (TPSA) is 55.6 Å². The molecule has 1 amide bonds. The van der Waals surface area contributed by atoms with E-state index in [0.717, 1.165) is 29.3 Å². The fourth-order valence-electron chi connectivity index (χ4n) is 2.03. The van der Waals surface area contributed by atoms with Gasteiger partial charge in [-0.05, 0) is 24.6 Å². The van der Waals surface area contributed by atoms with Gasteiger partial charge in [0.2, 0.25) is 5.91 Å². The van der Waals surface area contributed by atoms with Gasteiger partial charge in [-0.2, -0.15) is 0 Å². The molecule has 0 atom stereocenters. The Kier molecular flexibility index (Phi) is 5.10. The monoisotopic (exact) mass is 280 g/mol. The first-order valence-electron chi connectivity index (χ1n) is 6.63. The van der Waals surface area contributed by atoms with Crippen LogP contribution in [0.1, 0.15) is 19.8 Å². The first-order chi connectivity index (χ1) is 9.22. The molecule has 0 aliphatic carbocycles. The molecule has 1 heterocycles. The van der Waals surface area contributed by atoms with E-state index in [0.29, 0.717) is 25.3 Å². The molecule has 0 radical (unpaired) electrons. The van der Waals surface area contributed by atoms with Crippen molar-refractivity contribution >= 4 is 29.0 Å². The van der Waals surface area contributed by atoms with Crippen LogP contribution >= 0.6 is 11.8 Å². The van der Waals surface area contributed by atoms with Crippen LogP contribution in [0.15, 0.2) is 23.1 Å². The highest BCUT2D eigenvalue weighted by molar-refractivity contribution is 7.99. The van der Waals surface area contributed by atoms with Gasteiger partial charge in [0.25, 0.3) is 0 Å². The molecule has 1 aliphatic rings. The quantitative estimate of drug-likeness (QED) is 0.665. The van der Waals surface area contributed by atoms with Crippen molar-refractivity contribution in [3.05, 3.63) is 18.2 Å². The second-order valence-electron chi connectivity index (χ2n) is 4.48. The van der Waals surface area contributed by atoms with Crippen LogP contribution in [-0.2, 0) is 9.53 Å². The molecule has 1 aromatic carbocycles. The lowest BCUT2D eigenvalue weighted by atomic mass is 10.2. The van der Waals surface area contributed by atoms with Crippen molar-refractivity contribution in [2.75, 3.05) is 36.1 Å². The summed E-state index contributed by atoms with van der Waals surface area (Å²) in [5.41, 5.74) is 7.45. The second-order valence-corrected chi connectivity index (χ2v) is 5.62. The number of fused-ring (bicyclic) bond motifs is 1. The fourth-order valence-corrected chi connectivity index (χ4v) is 3.01. The average Bonchev–Trinajstić information content (AvgIpc) is 2.42. The third-order valence-electron chi connectivity index (χ3n) is 2.96. The number of anilines is 2. The number of carbonyl (C=O) groups is 1. The van der Waals surface area contributed by atoms with Gasteiger partial charge >= 0.3 is 0 Å². The van der Waals surface area contributed by atoms with Gasteiger partial charge in [0.15, 0.2) is 0 Å². The van der Waals surface area contributed by atoms with Crippen LogP contribution in [0.25, 0.3) is 0 Å². The number of nitrogen functional groups attached to an aromatic ring is 1. The number of ether oxygens (including phenoxy) is 1. The van der Waals surface area contributed by atoms with Gasteiger partial charge in [-0.25, -0.2) is 0 Å². The minimum Gasteiger partial charge on any atom is -0.399 e. The lowest BCUT2D eigenvalue weighted by molar-refractivity contribution is -0.119. The van der Waals surface area contributed by atoms with E-state index in [1.807, 2.05) is 23.1 Å². The molecule has 0 unspecified atom stereocenters. The fraction of sp³-hybridized carbons (Fsp3) is 0.500. The zero-order valence-electron chi connectivity index (χ0n) is 11.2. The molecule has 1 aromatic rings. The summed E-state index contributed by atoms with van der Waals surface area (Å²) < 4.78 is 5.38. The van der Waals surface area contributed by atoms with E-state index in [9.17, 15) is 4.79 Å². The Bertz CT molecular complexity index is 451. The molecule has 0 fully saturated rings. The number of thioether (sulfide) groups is 1. The molecule has 1 aliphatic heterocycles. The Morgan fingerprint density at radius 1 is 1.47 bits per heavy atom. The van der Waals surface area contributed by atoms with Crippen molar-refractivity contribution in [2.45, 2.75) is 24.7 Å². The predicted octanol–water partition coefficient (Wildman–Crippen LogP) is 2.52. The molecule has 4 nitrogen and oxygen atoms in total. The van der Waals surface area contributed by atoms with Crippen LogP contribution in [0.2, 0.25) is 0 Å². The number of rotatable bonds is 5. The Morgan fingerprint density at radius 2 is 2.32 bits per heavy atom.